The van der Waals surface area contributed by atoms with Gasteiger partial charge < -0.3 is 10.6 Å². The quantitative estimate of drug-likeness (QED) is 0.808. The van der Waals surface area contributed by atoms with E-state index in [-0.39, 0.29) is 17.6 Å². The molecule has 0 aliphatic rings. The molecule has 2 rings (SSSR count). The molecular weight excluding hydrogens is 303 g/mol. The molecule has 0 fully saturated rings. The number of carbonyl (C=O) groups excluding carboxylic acids is 1. The molecule has 2 aromatic rings. The lowest BCUT2D eigenvalue weighted by atomic mass is 9.97. The van der Waals surface area contributed by atoms with E-state index in [2.05, 4.69) is 12.1 Å². The van der Waals surface area contributed by atoms with Crippen LogP contribution >= 0.6 is 0 Å². The minimum atomic E-state index is -0.259. The summed E-state index contributed by atoms with van der Waals surface area (Å²) in [6, 6.07) is 16.5. The first-order valence-electron chi connectivity index (χ1n) is 8.37. The molecule has 0 radical (unpaired) electrons. The molecule has 0 aliphatic carbocycles. The fraction of sp³-hybridized carbons (Fsp3) is 0.350. The van der Waals surface area contributed by atoms with Crippen molar-refractivity contribution in [3.05, 3.63) is 71.5 Å². The molecule has 0 aliphatic heterocycles. The molecule has 1 atom stereocenters. The topological polar surface area (TPSA) is 46.3 Å². The number of nitrogens with zero attached hydrogens (tertiary/aromatic N) is 1. The van der Waals surface area contributed by atoms with E-state index in [4.69, 9.17) is 5.73 Å². The third-order valence-electron chi connectivity index (χ3n) is 4.18. The molecule has 1 unspecified atom stereocenters. The van der Waals surface area contributed by atoms with E-state index in [0.717, 1.165) is 12.0 Å². The molecule has 128 valence electrons. The SMILES string of the molecule is CC(CC(=O)N(CCN)CCc1ccccc1)c1ccc(F)cc1. The predicted molar refractivity (Wildman–Crippen MR) is 95.2 cm³/mol. The Labute approximate surface area is 143 Å². The van der Waals surface area contributed by atoms with Crippen molar-refractivity contribution in [2.45, 2.75) is 25.7 Å². The maximum atomic E-state index is 13.0. The molecule has 3 nitrogen and oxygen atoms in total. The lowest BCUT2D eigenvalue weighted by Crippen LogP contribution is -2.37. The maximum Gasteiger partial charge on any atom is 0.223 e. The Morgan fingerprint density at radius 2 is 1.75 bits per heavy atom. The number of halogens is 1. The summed E-state index contributed by atoms with van der Waals surface area (Å²) in [5.74, 6) is -0.117. The van der Waals surface area contributed by atoms with Crippen LogP contribution in [0.5, 0.6) is 0 Å². The van der Waals surface area contributed by atoms with Crippen molar-refractivity contribution in [3.63, 3.8) is 0 Å². The normalized spacial score (nSPS) is 12.0. The van der Waals surface area contributed by atoms with Gasteiger partial charge in [-0.05, 0) is 35.6 Å². The van der Waals surface area contributed by atoms with Crippen LogP contribution in [0, 0.1) is 5.82 Å². The highest BCUT2D eigenvalue weighted by atomic mass is 19.1. The van der Waals surface area contributed by atoms with Crippen LogP contribution in [-0.2, 0) is 11.2 Å². The lowest BCUT2D eigenvalue weighted by Gasteiger charge is -2.24. The smallest absolute Gasteiger partial charge is 0.223 e. The van der Waals surface area contributed by atoms with E-state index in [9.17, 15) is 9.18 Å². The highest BCUT2D eigenvalue weighted by molar-refractivity contribution is 5.77. The van der Waals surface area contributed by atoms with Crippen molar-refractivity contribution in [2.24, 2.45) is 5.73 Å². The summed E-state index contributed by atoms with van der Waals surface area (Å²) in [4.78, 5) is 14.4. The molecule has 0 spiro atoms. The van der Waals surface area contributed by atoms with Crippen LogP contribution in [0.3, 0.4) is 0 Å². The minimum absolute atomic E-state index is 0.0510. The van der Waals surface area contributed by atoms with Gasteiger partial charge in [-0.2, -0.15) is 0 Å². The number of amides is 1. The zero-order valence-corrected chi connectivity index (χ0v) is 14.1. The summed E-state index contributed by atoms with van der Waals surface area (Å²) in [6.07, 6.45) is 1.22. The standard InChI is InChI=1S/C20H25FN2O/c1-16(18-7-9-19(21)10-8-18)15-20(24)23(14-12-22)13-11-17-5-3-2-4-6-17/h2-10,16H,11-15,22H2,1H3. The fourth-order valence-electron chi connectivity index (χ4n) is 2.73. The molecule has 0 saturated carbocycles. The Hall–Kier alpha value is -2.20. The second-order valence-corrected chi connectivity index (χ2v) is 6.06. The zero-order chi connectivity index (χ0) is 17.4. The number of nitrogens with two attached hydrogens (primary N) is 1. The number of hydrogen-bond donors (Lipinski definition) is 1. The molecule has 2 aromatic carbocycles. The summed E-state index contributed by atoms with van der Waals surface area (Å²) in [7, 11) is 0. The molecule has 2 N–H and O–H groups in total. The van der Waals surface area contributed by atoms with Crippen LogP contribution in [0.25, 0.3) is 0 Å². The lowest BCUT2D eigenvalue weighted by molar-refractivity contribution is -0.131. The Balaban J connectivity index is 1.93. The van der Waals surface area contributed by atoms with Crippen molar-refractivity contribution in [2.75, 3.05) is 19.6 Å². The monoisotopic (exact) mass is 328 g/mol. The maximum absolute atomic E-state index is 13.0. The van der Waals surface area contributed by atoms with Crippen LogP contribution in [0.1, 0.15) is 30.4 Å². The van der Waals surface area contributed by atoms with Crippen molar-refractivity contribution in [3.8, 4) is 0 Å². The first-order chi connectivity index (χ1) is 11.6. The molecule has 0 heterocycles. The van der Waals surface area contributed by atoms with E-state index < -0.39 is 0 Å². The van der Waals surface area contributed by atoms with Gasteiger partial charge in [-0.1, -0.05) is 49.4 Å². The first-order valence-corrected chi connectivity index (χ1v) is 8.37. The highest BCUT2D eigenvalue weighted by Crippen LogP contribution is 2.20. The highest BCUT2D eigenvalue weighted by Gasteiger charge is 2.17. The number of hydrogen-bond acceptors (Lipinski definition) is 2. The summed E-state index contributed by atoms with van der Waals surface area (Å²) < 4.78 is 13.0. The third kappa shape index (κ3) is 5.46. The van der Waals surface area contributed by atoms with Crippen molar-refractivity contribution in [1.82, 2.24) is 4.90 Å². The fourth-order valence-corrected chi connectivity index (χ4v) is 2.73. The van der Waals surface area contributed by atoms with E-state index in [1.54, 1.807) is 12.1 Å². The van der Waals surface area contributed by atoms with Gasteiger partial charge in [-0.3, -0.25) is 4.79 Å². The molecular formula is C20H25FN2O. The van der Waals surface area contributed by atoms with Gasteiger partial charge in [-0.15, -0.1) is 0 Å². The van der Waals surface area contributed by atoms with Crippen LogP contribution in [-0.4, -0.2) is 30.4 Å². The van der Waals surface area contributed by atoms with E-state index in [1.165, 1.54) is 17.7 Å². The molecule has 0 aromatic heterocycles. The Morgan fingerprint density at radius 1 is 1.08 bits per heavy atom. The molecule has 24 heavy (non-hydrogen) atoms. The molecule has 0 saturated heterocycles. The van der Waals surface area contributed by atoms with Gasteiger partial charge in [0.15, 0.2) is 0 Å². The van der Waals surface area contributed by atoms with Crippen molar-refractivity contribution < 1.29 is 9.18 Å². The first kappa shape index (κ1) is 18.1. The van der Waals surface area contributed by atoms with Gasteiger partial charge in [-0.25, -0.2) is 4.39 Å². The van der Waals surface area contributed by atoms with Crippen LogP contribution in [0.15, 0.2) is 54.6 Å². The molecule has 1 amide bonds. The largest absolute Gasteiger partial charge is 0.341 e. The van der Waals surface area contributed by atoms with Gasteiger partial charge in [0, 0.05) is 26.1 Å². The second-order valence-electron chi connectivity index (χ2n) is 6.06. The van der Waals surface area contributed by atoms with Crippen molar-refractivity contribution >= 4 is 5.91 Å². The molecule has 4 heteroatoms. The van der Waals surface area contributed by atoms with Gasteiger partial charge >= 0.3 is 0 Å². The van der Waals surface area contributed by atoms with Gasteiger partial charge in [0.2, 0.25) is 5.91 Å². The van der Waals surface area contributed by atoms with Gasteiger partial charge in [0.25, 0.3) is 0 Å². The Bertz CT molecular complexity index is 628. The Morgan fingerprint density at radius 3 is 2.38 bits per heavy atom. The van der Waals surface area contributed by atoms with Crippen LogP contribution < -0.4 is 5.73 Å². The van der Waals surface area contributed by atoms with E-state index in [1.807, 2.05) is 30.0 Å². The number of carbonyl (C=O) groups is 1. The van der Waals surface area contributed by atoms with Crippen LogP contribution in [0.2, 0.25) is 0 Å². The van der Waals surface area contributed by atoms with Gasteiger partial charge in [0.1, 0.15) is 5.82 Å². The zero-order valence-electron chi connectivity index (χ0n) is 14.1. The van der Waals surface area contributed by atoms with E-state index in [0.29, 0.717) is 26.1 Å². The third-order valence-corrected chi connectivity index (χ3v) is 4.18. The van der Waals surface area contributed by atoms with Crippen molar-refractivity contribution in [1.29, 1.82) is 0 Å². The van der Waals surface area contributed by atoms with Gasteiger partial charge in [0.05, 0.1) is 0 Å². The summed E-state index contributed by atoms with van der Waals surface area (Å²) in [5, 5.41) is 0. The van der Waals surface area contributed by atoms with E-state index >= 15 is 0 Å². The molecule has 0 bridgehead atoms. The predicted octanol–water partition coefficient (Wildman–Crippen LogP) is 3.35. The van der Waals surface area contributed by atoms with Crippen LogP contribution in [0.4, 0.5) is 4.39 Å². The minimum Gasteiger partial charge on any atom is -0.341 e. The summed E-state index contributed by atoms with van der Waals surface area (Å²) >= 11 is 0. The summed E-state index contributed by atoms with van der Waals surface area (Å²) in [5.41, 5.74) is 7.84. The average Bonchev–Trinajstić information content (AvgIpc) is 2.60. The Kier molecular flexibility index (Phi) is 6.94. The number of benzene rings is 2. The second kappa shape index (κ2) is 9.18. The summed E-state index contributed by atoms with van der Waals surface area (Å²) in [6.45, 7) is 3.66. The average molecular weight is 328 g/mol. The number of rotatable bonds is 8.